The van der Waals surface area contributed by atoms with Crippen molar-refractivity contribution in [1.82, 2.24) is 9.80 Å². The lowest BCUT2D eigenvalue weighted by Crippen LogP contribution is -2.62. The van der Waals surface area contributed by atoms with Crippen LogP contribution in [0.2, 0.25) is 0 Å². The van der Waals surface area contributed by atoms with E-state index in [1.54, 1.807) is 11.8 Å². The molecule has 24 heavy (non-hydrogen) atoms. The zero-order chi connectivity index (χ0) is 17.9. The van der Waals surface area contributed by atoms with Gasteiger partial charge in [0.25, 0.3) is 0 Å². The number of carbonyl (C=O) groups excluding carboxylic acids is 1. The van der Waals surface area contributed by atoms with Gasteiger partial charge in [-0.05, 0) is 40.2 Å². The van der Waals surface area contributed by atoms with Crippen LogP contribution >= 0.6 is 0 Å². The summed E-state index contributed by atoms with van der Waals surface area (Å²) >= 11 is 0. The summed E-state index contributed by atoms with van der Waals surface area (Å²) in [6, 6.07) is 10.3. The second-order valence-corrected chi connectivity index (χ2v) is 7.70. The van der Waals surface area contributed by atoms with E-state index in [0.717, 1.165) is 6.54 Å². The van der Waals surface area contributed by atoms with Crippen molar-refractivity contribution < 1.29 is 14.6 Å². The molecule has 1 aliphatic heterocycles. The first kappa shape index (κ1) is 18.7. The average Bonchev–Trinajstić information content (AvgIpc) is 2.48. The van der Waals surface area contributed by atoms with Crippen LogP contribution in [0, 0.1) is 0 Å². The molecule has 0 aliphatic carbocycles. The number of benzene rings is 1. The fourth-order valence-corrected chi connectivity index (χ4v) is 3.13. The van der Waals surface area contributed by atoms with Gasteiger partial charge in [0, 0.05) is 25.7 Å². The predicted octanol–water partition coefficient (Wildman–Crippen LogP) is 2.88. The van der Waals surface area contributed by atoms with Crippen molar-refractivity contribution in [3.63, 3.8) is 0 Å². The minimum absolute atomic E-state index is 0.110. The molecule has 2 unspecified atom stereocenters. The number of aliphatic hydroxyl groups is 1. The first-order valence-corrected chi connectivity index (χ1v) is 8.63. The Balaban J connectivity index is 2.11. The molecule has 1 fully saturated rings. The van der Waals surface area contributed by atoms with Gasteiger partial charge in [0.1, 0.15) is 5.60 Å². The van der Waals surface area contributed by atoms with Crippen molar-refractivity contribution in [2.45, 2.75) is 65.0 Å². The average molecular weight is 334 g/mol. The first-order chi connectivity index (χ1) is 11.2. The Hall–Kier alpha value is -1.59. The van der Waals surface area contributed by atoms with Crippen LogP contribution in [0.15, 0.2) is 30.3 Å². The minimum atomic E-state index is -0.526. The van der Waals surface area contributed by atoms with Crippen molar-refractivity contribution in [1.29, 1.82) is 0 Å². The molecular weight excluding hydrogens is 304 g/mol. The zero-order valence-electron chi connectivity index (χ0n) is 15.4. The molecule has 1 N–H and O–H groups in total. The number of piperazine rings is 1. The van der Waals surface area contributed by atoms with Crippen LogP contribution in [0.5, 0.6) is 0 Å². The lowest BCUT2D eigenvalue weighted by Gasteiger charge is -2.46. The molecule has 1 saturated heterocycles. The van der Waals surface area contributed by atoms with E-state index in [0.29, 0.717) is 13.1 Å². The summed E-state index contributed by atoms with van der Waals surface area (Å²) in [6.45, 7) is 11.3. The number of nitrogens with zero attached hydrogens (tertiary/aromatic N) is 2. The van der Waals surface area contributed by atoms with Gasteiger partial charge >= 0.3 is 6.09 Å². The number of hydrogen-bond acceptors (Lipinski definition) is 4. The van der Waals surface area contributed by atoms with E-state index >= 15 is 0 Å². The van der Waals surface area contributed by atoms with Crippen molar-refractivity contribution in [2.24, 2.45) is 0 Å². The van der Waals surface area contributed by atoms with Crippen LogP contribution < -0.4 is 0 Å². The van der Waals surface area contributed by atoms with E-state index in [4.69, 9.17) is 4.74 Å². The van der Waals surface area contributed by atoms with E-state index in [1.807, 2.05) is 39.0 Å². The van der Waals surface area contributed by atoms with E-state index in [9.17, 15) is 9.90 Å². The van der Waals surface area contributed by atoms with Crippen molar-refractivity contribution in [3.8, 4) is 0 Å². The van der Waals surface area contributed by atoms with Gasteiger partial charge in [0.15, 0.2) is 0 Å². The van der Waals surface area contributed by atoms with Gasteiger partial charge < -0.3 is 14.7 Å². The lowest BCUT2D eigenvalue weighted by atomic mass is 10.0. The third-order valence-corrected chi connectivity index (χ3v) is 4.30. The molecule has 0 radical (unpaired) electrons. The molecule has 1 amide bonds. The summed E-state index contributed by atoms with van der Waals surface area (Å²) in [7, 11) is 0. The van der Waals surface area contributed by atoms with Gasteiger partial charge in [-0.25, -0.2) is 4.79 Å². The normalized spacial score (nSPS) is 23.8. The predicted molar refractivity (Wildman–Crippen MR) is 94.7 cm³/mol. The molecule has 0 aromatic heterocycles. The van der Waals surface area contributed by atoms with E-state index in [-0.39, 0.29) is 18.2 Å². The summed E-state index contributed by atoms with van der Waals surface area (Å²) in [4.78, 5) is 16.4. The van der Waals surface area contributed by atoms with Gasteiger partial charge in [-0.1, -0.05) is 30.3 Å². The van der Waals surface area contributed by atoms with Crippen LogP contribution in [0.3, 0.4) is 0 Å². The Kier molecular flexibility index (Phi) is 5.88. The van der Waals surface area contributed by atoms with Gasteiger partial charge in [-0.2, -0.15) is 0 Å². The molecular formula is C19H30N2O3. The van der Waals surface area contributed by atoms with Gasteiger partial charge in [-0.3, -0.25) is 4.90 Å². The fourth-order valence-electron chi connectivity index (χ4n) is 3.13. The van der Waals surface area contributed by atoms with E-state index < -0.39 is 11.7 Å². The van der Waals surface area contributed by atoms with Gasteiger partial charge in [-0.15, -0.1) is 0 Å². The third kappa shape index (κ3) is 4.95. The molecule has 0 bridgehead atoms. The molecule has 0 saturated carbocycles. The van der Waals surface area contributed by atoms with Crippen LogP contribution in [0.4, 0.5) is 4.79 Å². The topological polar surface area (TPSA) is 53.0 Å². The summed E-state index contributed by atoms with van der Waals surface area (Å²) in [5.41, 5.74) is 0.697. The molecule has 1 heterocycles. The molecule has 0 spiro atoms. The largest absolute Gasteiger partial charge is 0.444 e. The number of ether oxygens (including phenoxy) is 1. The molecule has 5 nitrogen and oxygen atoms in total. The van der Waals surface area contributed by atoms with E-state index in [2.05, 4.69) is 24.0 Å². The number of rotatable bonds is 3. The highest BCUT2D eigenvalue weighted by Crippen LogP contribution is 2.23. The van der Waals surface area contributed by atoms with Crippen LogP contribution in [0.25, 0.3) is 0 Å². The summed E-state index contributed by atoms with van der Waals surface area (Å²) < 4.78 is 5.49. The Labute approximate surface area is 145 Å². The van der Waals surface area contributed by atoms with Crippen molar-refractivity contribution in [3.05, 3.63) is 35.9 Å². The SMILES string of the molecule is CC(O)C1CN(C(=O)OC(C)(C)C)C[C@H](C)N1Cc1ccccc1. The van der Waals surface area contributed by atoms with E-state index in [1.165, 1.54) is 5.56 Å². The Morgan fingerprint density at radius 3 is 2.46 bits per heavy atom. The summed E-state index contributed by atoms with van der Waals surface area (Å²) in [5.74, 6) is 0. The number of amides is 1. The lowest BCUT2D eigenvalue weighted by molar-refractivity contribution is -0.0431. The monoisotopic (exact) mass is 334 g/mol. The molecule has 3 atom stereocenters. The molecule has 5 heteroatoms. The third-order valence-electron chi connectivity index (χ3n) is 4.30. The Morgan fingerprint density at radius 1 is 1.29 bits per heavy atom. The molecule has 2 rings (SSSR count). The number of aliphatic hydroxyl groups excluding tert-OH is 1. The highest BCUT2D eigenvalue weighted by atomic mass is 16.6. The zero-order valence-corrected chi connectivity index (χ0v) is 15.4. The van der Waals surface area contributed by atoms with Crippen molar-refractivity contribution in [2.75, 3.05) is 13.1 Å². The number of carbonyl (C=O) groups is 1. The maximum absolute atomic E-state index is 12.4. The summed E-state index contributed by atoms with van der Waals surface area (Å²) in [5, 5.41) is 10.3. The smallest absolute Gasteiger partial charge is 0.410 e. The second kappa shape index (κ2) is 7.53. The summed E-state index contributed by atoms with van der Waals surface area (Å²) in [6.07, 6.45) is -0.833. The second-order valence-electron chi connectivity index (χ2n) is 7.70. The van der Waals surface area contributed by atoms with Gasteiger partial charge in [0.05, 0.1) is 12.1 Å². The van der Waals surface area contributed by atoms with Crippen molar-refractivity contribution >= 4 is 6.09 Å². The highest BCUT2D eigenvalue weighted by Gasteiger charge is 2.37. The Morgan fingerprint density at radius 2 is 1.92 bits per heavy atom. The first-order valence-electron chi connectivity index (χ1n) is 8.63. The minimum Gasteiger partial charge on any atom is -0.444 e. The maximum atomic E-state index is 12.4. The fraction of sp³-hybridized carbons (Fsp3) is 0.632. The molecule has 1 aromatic rings. The van der Waals surface area contributed by atoms with Crippen LogP contribution in [-0.4, -0.2) is 57.9 Å². The van der Waals surface area contributed by atoms with Crippen LogP contribution in [-0.2, 0) is 11.3 Å². The Bertz CT molecular complexity index is 539. The van der Waals surface area contributed by atoms with Gasteiger partial charge in [0.2, 0.25) is 0 Å². The van der Waals surface area contributed by atoms with Crippen LogP contribution in [0.1, 0.15) is 40.2 Å². The highest BCUT2D eigenvalue weighted by molar-refractivity contribution is 5.68. The number of hydrogen-bond donors (Lipinski definition) is 1. The standard InChI is InChI=1S/C19H30N2O3/c1-14-11-20(18(23)24-19(3,4)5)13-17(15(2)22)21(14)12-16-9-7-6-8-10-16/h6-10,14-15,17,22H,11-13H2,1-5H3/t14-,15?,17?/m0/s1. The molecule has 1 aromatic carbocycles. The molecule has 1 aliphatic rings. The maximum Gasteiger partial charge on any atom is 0.410 e. The molecule has 134 valence electrons. The quantitative estimate of drug-likeness (QED) is 0.923.